The van der Waals surface area contributed by atoms with E-state index in [2.05, 4.69) is 10.2 Å². The molecule has 1 heterocycles. The first-order valence-electron chi connectivity index (χ1n) is 9.15. The predicted octanol–water partition coefficient (Wildman–Crippen LogP) is 1.99. The van der Waals surface area contributed by atoms with E-state index in [-0.39, 0.29) is 18.8 Å². The molecule has 154 valence electrons. The summed E-state index contributed by atoms with van der Waals surface area (Å²) in [6.07, 6.45) is 1.64. The minimum Gasteiger partial charge on any atom is -0.465 e. The maximum absolute atomic E-state index is 12.7. The van der Waals surface area contributed by atoms with Gasteiger partial charge in [-0.2, -0.15) is 14.9 Å². The molecule has 3 rings (SSSR count). The lowest BCUT2D eigenvalue weighted by atomic mass is 10.1. The average Bonchev–Trinajstić information content (AvgIpc) is 3.01. The largest absolute Gasteiger partial charge is 0.465 e. The Morgan fingerprint density at radius 2 is 2.00 bits per heavy atom. The molecule has 0 aliphatic rings. The molecule has 0 amide bonds. The van der Waals surface area contributed by atoms with E-state index in [1.54, 1.807) is 13.0 Å². The van der Waals surface area contributed by atoms with Crippen LogP contribution in [0.4, 0.5) is 5.69 Å². The van der Waals surface area contributed by atoms with Crippen molar-refractivity contribution in [1.82, 2.24) is 14.5 Å². The van der Waals surface area contributed by atoms with Gasteiger partial charge < -0.3 is 4.74 Å². The quantitative estimate of drug-likeness (QED) is 0.243. The first-order chi connectivity index (χ1) is 14.5. The van der Waals surface area contributed by atoms with Gasteiger partial charge in [0.15, 0.2) is 5.82 Å². The molecule has 10 nitrogen and oxygen atoms in total. The molecule has 10 heteroatoms. The highest BCUT2D eigenvalue weighted by Crippen LogP contribution is 2.12. The Kier molecular flexibility index (Phi) is 6.48. The monoisotopic (exact) mass is 409 g/mol. The van der Waals surface area contributed by atoms with Crippen molar-refractivity contribution < 1.29 is 14.5 Å². The van der Waals surface area contributed by atoms with E-state index in [4.69, 9.17) is 4.74 Å². The van der Waals surface area contributed by atoms with E-state index in [1.165, 1.54) is 24.4 Å². The number of carbonyl (C=O) groups excluding carboxylic acids is 1. The first-order valence-corrected chi connectivity index (χ1v) is 9.15. The second-order valence-corrected chi connectivity index (χ2v) is 6.23. The molecule has 0 fully saturated rings. The van der Waals surface area contributed by atoms with Crippen LogP contribution in [0.2, 0.25) is 0 Å². The van der Waals surface area contributed by atoms with Gasteiger partial charge in [0.2, 0.25) is 0 Å². The molecule has 0 N–H and O–H groups in total. The van der Waals surface area contributed by atoms with Crippen molar-refractivity contribution >= 4 is 17.9 Å². The molecule has 2 aromatic carbocycles. The van der Waals surface area contributed by atoms with Crippen molar-refractivity contribution in [2.75, 3.05) is 6.61 Å². The Hall–Kier alpha value is -4.08. The number of ether oxygens (including phenoxy) is 1. The number of nitro benzene ring substituents is 1. The van der Waals surface area contributed by atoms with Gasteiger partial charge in [-0.15, -0.1) is 0 Å². The van der Waals surface area contributed by atoms with Gasteiger partial charge >= 0.3 is 11.7 Å². The number of carbonyl (C=O) groups is 1. The zero-order chi connectivity index (χ0) is 21.5. The molecule has 0 aliphatic carbocycles. The van der Waals surface area contributed by atoms with Crippen molar-refractivity contribution in [1.29, 1.82) is 0 Å². The Morgan fingerprint density at radius 3 is 2.70 bits per heavy atom. The van der Waals surface area contributed by atoms with Crippen LogP contribution in [0.5, 0.6) is 0 Å². The van der Waals surface area contributed by atoms with Crippen LogP contribution in [0, 0.1) is 10.1 Å². The molecule has 0 bridgehead atoms. The second-order valence-electron chi connectivity index (χ2n) is 6.23. The Bertz CT molecular complexity index is 1130. The third-order valence-electron chi connectivity index (χ3n) is 4.08. The normalized spacial score (nSPS) is 11.0. The fourth-order valence-electron chi connectivity index (χ4n) is 2.72. The molecule has 3 aromatic rings. The van der Waals surface area contributed by atoms with E-state index in [0.29, 0.717) is 17.8 Å². The van der Waals surface area contributed by atoms with Crippen molar-refractivity contribution in [2.24, 2.45) is 5.10 Å². The van der Waals surface area contributed by atoms with Crippen molar-refractivity contribution in [3.05, 3.63) is 92.1 Å². The van der Waals surface area contributed by atoms with Crippen LogP contribution in [0.15, 0.2) is 64.5 Å². The summed E-state index contributed by atoms with van der Waals surface area (Å²) in [6, 6.07) is 15.2. The van der Waals surface area contributed by atoms with E-state index in [0.717, 1.165) is 14.9 Å². The van der Waals surface area contributed by atoms with Crippen LogP contribution in [0.25, 0.3) is 0 Å². The second kappa shape index (κ2) is 9.41. The fraction of sp³-hybridized carbons (Fsp3) is 0.200. The van der Waals surface area contributed by atoms with Gasteiger partial charge in [0.25, 0.3) is 5.69 Å². The highest BCUT2D eigenvalue weighted by Gasteiger charge is 2.16. The molecule has 30 heavy (non-hydrogen) atoms. The van der Waals surface area contributed by atoms with Crippen LogP contribution >= 0.6 is 0 Å². The number of hydrogen-bond donors (Lipinski definition) is 0. The number of non-ortho nitro benzene ring substituents is 1. The lowest BCUT2D eigenvalue weighted by Crippen LogP contribution is -2.27. The number of aromatic nitrogens is 3. The number of hydrogen-bond acceptors (Lipinski definition) is 7. The van der Waals surface area contributed by atoms with E-state index >= 15 is 0 Å². The highest BCUT2D eigenvalue weighted by molar-refractivity contribution is 5.80. The molecular weight excluding hydrogens is 390 g/mol. The number of esters is 1. The van der Waals surface area contributed by atoms with Gasteiger partial charge in [0.1, 0.15) is 6.54 Å². The van der Waals surface area contributed by atoms with Gasteiger partial charge in [-0.3, -0.25) is 14.9 Å². The molecule has 0 aliphatic heterocycles. The van der Waals surface area contributed by atoms with Gasteiger partial charge in [-0.25, -0.2) is 9.48 Å². The molecule has 0 unspecified atom stereocenters. The van der Waals surface area contributed by atoms with Crippen molar-refractivity contribution in [3.63, 3.8) is 0 Å². The number of rotatable bonds is 8. The summed E-state index contributed by atoms with van der Waals surface area (Å²) >= 11 is 0. The van der Waals surface area contributed by atoms with Crippen molar-refractivity contribution in [2.45, 2.75) is 19.9 Å². The summed E-state index contributed by atoms with van der Waals surface area (Å²) in [7, 11) is 0. The topological polar surface area (TPSA) is 122 Å². The third kappa shape index (κ3) is 5.04. The third-order valence-corrected chi connectivity index (χ3v) is 4.08. The zero-order valence-corrected chi connectivity index (χ0v) is 16.2. The zero-order valence-electron chi connectivity index (χ0n) is 16.2. The predicted molar refractivity (Wildman–Crippen MR) is 108 cm³/mol. The minimum absolute atomic E-state index is 0.0891. The summed E-state index contributed by atoms with van der Waals surface area (Å²) < 4.78 is 6.94. The lowest BCUT2D eigenvalue weighted by Gasteiger charge is -2.00. The number of benzene rings is 2. The fourth-order valence-corrected chi connectivity index (χ4v) is 2.72. The summed E-state index contributed by atoms with van der Waals surface area (Å²) in [4.78, 5) is 35.0. The van der Waals surface area contributed by atoms with E-state index < -0.39 is 16.6 Å². The standard InChI is InChI=1S/C20H19N5O5/c1-2-30-19(26)14-23-20(27)24(18(22-23)12-15-7-4-3-5-8-15)21-13-16-9-6-10-17(11-16)25(28)29/h3-11,13H,2,12,14H2,1H3/b21-13-. The Labute approximate surface area is 171 Å². The molecule has 0 saturated heterocycles. The molecular formula is C20H19N5O5. The summed E-state index contributed by atoms with van der Waals surface area (Å²) in [5.41, 5.74) is 0.641. The van der Waals surface area contributed by atoms with Crippen LogP contribution in [0.1, 0.15) is 23.9 Å². The van der Waals surface area contributed by atoms with E-state index in [1.807, 2.05) is 30.3 Å². The Balaban J connectivity index is 1.97. The maximum Gasteiger partial charge on any atom is 0.367 e. The van der Waals surface area contributed by atoms with Gasteiger partial charge in [-0.05, 0) is 12.5 Å². The van der Waals surface area contributed by atoms with Crippen LogP contribution < -0.4 is 5.69 Å². The summed E-state index contributed by atoms with van der Waals surface area (Å²) in [5.74, 6) is -0.268. The van der Waals surface area contributed by atoms with Gasteiger partial charge in [0, 0.05) is 24.1 Å². The van der Waals surface area contributed by atoms with Crippen LogP contribution in [-0.4, -0.2) is 38.2 Å². The molecule has 1 aromatic heterocycles. The van der Waals surface area contributed by atoms with Gasteiger partial charge in [-0.1, -0.05) is 42.5 Å². The minimum atomic E-state index is -0.615. The van der Waals surface area contributed by atoms with E-state index in [9.17, 15) is 19.7 Å². The average molecular weight is 409 g/mol. The number of nitro groups is 1. The molecule has 0 radical (unpaired) electrons. The highest BCUT2D eigenvalue weighted by atomic mass is 16.6. The summed E-state index contributed by atoms with van der Waals surface area (Å²) in [6.45, 7) is 1.52. The summed E-state index contributed by atoms with van der Waals surface area (Å²) in [5, 5.41) is 19.3. The SMILES string of the molecule is CCOC(=O)Cn1nc(Cc2ccccc2)n(/N=C\c2cccc([N+](=O)[O-])c2)c1=O. The van der Waals surface area contributed by atoms with Crippen LogP contribution in [0.3, 0.4) is 0 Å². The first kappa shape index (κ1) is 20.6. The lowest BCUT2D eigenvalue weighted by molar-refractivity contribution is -0.384. The molecule has 0 spiro atoms. The smallest absolute Gasteiger partial charge is 0.367 e. The number of nitrogens with zero attached hydrogens (tertiary/aromatic N) is 5. The molecule has 0 atom stereocenters. The molecule has 0 saturated carbocycles. The van der Waals surface area contributed by atoms with Crippen molar-refractivity contribution in [3.8, 4) is 0 Å². The van der Waals surface area contributed by atoms with Crippen LogP contribution in [-0.2, 0) is 22.5 Å². The maximum atomic E-state index is 12.7. The Morgan fingerprint density at radius 1 is 1.23 bits per heavy atom. The van der Waals surface area contributed by atoms with Gasteiger partial charge in [0.05, 0.1) is 17.7 Å².